The van der Waals surface area contributed by atoms with E-state index in [-0.39, 0.29) is 11.9 Å². The Labute approximate surface area is 130 Å². The van der Waals surface area contributed by atoms with Gasteiger partial charge in [-0.25, -0.2) is 0 Å². The number of hydrogen-bond acceptors (Lipinski definition) is 4. The molecule has 1 atom stereocenters. The SMILES string of the molecule is Nc1ccc(C2C=C(c3ccc(OC(F)(F)F)cc3)NO2)cc1. The van der Waals surface area contributed by atoms with E-state index in [1.165, 1.54) is 24.3 Å². The third kappa shape index (κ3) is 3.75. The van der Waals surface area contributed by atoms with Crippen molar-refractivity contribution in [1.29, 1.82) is 0 Å². The Bertz CT molecular complexity index is 710. The summed E-state index contributed by atoms with van der Waals surface area (Å²) >= 11 is 0. The summed E-state index contributed by atoms with van der Waals surface area (Å²) in [6, 6.07) is 12.8. The molecule has 0 bridgehead atoms. The van der Waals surface area contributed by atoms with Crippen molar-refractivity contribution < 1.29 is 22.7 Å². The highest BCUT2D eigenvalue weighted by atomic mass is 19.4. The van der Waals surface area contributed by atoms with E-state index in [0.29, 0.717) is 16.9 Å². The van der Waals surface area contributed by atoms with Crippen molar-refractivity contribution in [3.63, 3.8) is 0 Å². The second-order valence-electron chi connectivity index (χ2n) is 4.96. The Morgan fingerprint density at radius 1 is 1.00 bits per heavy atom. The molecule has 0 spiro atoms. The lowest BCUT2D eigenvalue weighted by molar-refractivity contribution is -0.274. The number of nitrogens with two attached hydrogens (primary N) is 1. The molecule has 3 N–H and O–H groups in total. The minimum absolute atomic E-state index is 0.268. The summed E-state index contributed by atoms with van der Waals surface area (Å²) in [5.74, 6) is -0.268. The van der Waals surface area contributed by atoms with Crippen molar-refractivity contribution >= 4 is 11.4 Å². The normalized spacial score (nSPS) is 17.5. The molecule has 2 aromatic carbocycles. The van der Waals surface area contributed by atoms with Crippen LogP contribution in [-0.2, 0) is 4.84 Å². The van der Waals surface area contributed by atoms with Crippen molar-refractivity contribution in [3.05, 3.63) is 65.7 Å². The number of hydrogen-bond donors (Lipinski definition) is 2. The van der Waals surface area contributed by atoms with Crippen LogP contribution in [0, 0.1) is 0 Å². The third-order valence-corrected chi connectivity index (χ3v) is 3.28. The van der Waals surface area contributed by atoms with Crippen LogP contribution < -0.4 is 16.0 Å². The van der Waals surface area contributed by atoms with Crippen molar-refractivity contribution in [3.8, 4) is 5.75 Å². The van der Waals surface area contributed by atoms with E-state index < -0.39 is 6.36 Å². The fraction of sp³-hybridized carbons (Fsp3) is 0.125. The average molecular weight is 322 g/mol. The van der Waals surface area contributed by atoms with Gasteiger partial charge in [-0.1, -0.05) is 12.1 Å². The van der Waals surface area contributed by atoms with Crippen molar-refractivity contribution in [2.75, 3.05) is 5.73 Å². The summed E-state index contributed by atoms with van der Waals surface area (Å²) in [6.45, 7) is 0. The predicted molar refractivity (Wildman–Crippen MR) is 78.9 cm³/mol. The number of nitrogens with one attached hydrogen (secondary N) is 1. The first-order valence-corrected chi connectivity index (χ1v) is 6.76. The summed E-state index contributed by atoms with van der Waals surface area (Å²) in [5, 5.41) is 0. The molecule has 0 saturated heterocycles. The van der Waals surface area contributed by atoms with Crippen LogP contribution in [0.4, 0.5) is 18.9 Å². The van der Waals surface area contributed by atoms with E-state index >= 15 is 0 Å². The van der Waals surface area contributed by atoms with Crippen molar-refractivity contribution in [2.24, 2.45) is 0 Å². The number of halogens is 3. The van der Waals surface area contributed by atoms with E-state index in [4.69, 9.17) is 10.6 Å². The quantitative estimate of drug-likeness (QED) is 0.844. The van der Waals surface area contributed by atoms with Crippen LogP contribution in [0.15, 0.2) is 54.6 Å². The van der Waals surface area contributed by atoms with Crippen LogP contribution in [0.2, 0.25) is 0 Å². The maximum absolute atomic E-state index is 12.1. The van der Waals surface area contributed by atoms with Crippen LogP contribution in [0.25, 0.3) is 5.70 Å². The summed E-state index contributed by atoms with van der Waals surface area (Å²) in [5.41, 5.74) is 11.3. The lowest BCUT2D eigenvalue weighted by Gasteiger charge is -2.09. The first-order valence-electron chi connectivity index (χ1n) is 6.76. The van der Waals surface area contributed by atoms with Crippen LogP contribution >= 0.6 is 0 Å². The molecule has 0 aliphatic carbocycles. The number of ether oxygens (including phenoxy) is 1. The zero-order valence-corrected chi connectivity index (χ0v) is 11.8. The number of hydroxylamine groups is 1. The Hall–Kier alpha value is -2.67. The minimum Gasteiger partial charge on any atom is -0.406 e. The molecule has 1 unspecified atom stereocenters. The second-order valence-corrected chi connectivity index (χ2v) is 4.96. The number of nitrogen functional groups attached to an aromatic ring is 1. The van der Waals surface area contributed by atoms with Crippen LogP contribution in [0.5, 0.6) is 5.75 Å². The van der Waals surface area contributed by atoms with Gasteiger partial charge >= 0.3 is 6.36 Å². The van der Waals surface area contributed by atoms with Gasteiger partial charge in [-0.05, 0) is 53.6 Å². The van der Waals surface area contributed by atoms with Gasteiger partial charge in [-0.15, -0.1) is 13.2 Å². The first-order chi connectivity index (χ1) is 10.9. The van der Waals surface area contributed by atoms with Gasteiger partial charge in [0.15, 0.2) is 0 Å². The van der Waals surface area contributed by atoms with Gasteiger partial charge in [-0.3, -0.25) is 10.3 Å². The van der Waals surface area contributed by atoms with Gasteiger partial charge in [0.05, 0.1) is 5.70 Å². The van der Waals surface area contributed by atoms with E-state index in [1.54, 1.807) is 12.1 Å². The molecular formula is C16H13F3N2O2. The third-order valence-electron chi connectivity index (χ3n) is 3.28. The molecule has 120 valence electrons. The fourth-order valence-electron chi connectivity index (χ4n) is 2.19. The van der Waals surface area contributed by atoms with Crippen molar-refractivity contribution in [2.45, 2.75) is 12.5 Å². The molecule has 1 aliphatic rings. The van der Waals surface area contributed by atoms with Gasteiger partial charge in [0, 0.05) is 5.69 Å². The Kier molecular flexibility index (Phi) is 3.87. The van der Waals surface area contributed by atoms with Gasteiger partial charge in [0.25, 0.3) is 0 Å². The number of benzene rings is 2. The molecular weight excluding hydrogens is 309 g/mol. The highest BCUT2D eigenvalue weighted by Gasteiger charge is 2.31. The lowest BCUT2D eigenvalue weighted by Crippen LogP contribution is -2.17. The molecule has 4 nitrogen and oxygen atoms in total. The van der Waals surface area contributed by atoms with Crippen molar-refractivity contribution in [1.82, 2.24) is 5.48 Å². The predicted octanol–water partition coefficient (Wildman–Crippen LogP) is 3.78. The number of rotatable bonds is 3. The molecule has 0 aromatic heterocycles. The van der Waals surface area contributed by atoms with Gasteiger partial charge in [0.1, 0.15) is 11.9 Å². The summed E-state index contributed by atoms with van der Waals surface area (Å²) in [4.78, 5) is 5.46. The first kappa shape index (κ1) is 15.2. The van der Waals surface area contributed by atoms with E-state index in [1.807, 2.05) is 18.2 Å². The highest BCUT2D eigenvalue weighted by Crippen LogP contribution is 2.30. The average Bonchev–Trinajstić information content (AvgIpc) is 2.97. The molecule has 1 aliphatic heterocycles. The fourth-order valence-corrected chi connectivity index (χ4v) is 2.19. The standard InChI is InChI=1S/C16H13F3N2O2/c17-16(18,19)22-13-7-3-10(4-8-13)14-9-15(23-21-14)11-1-5-12(20)6-2-11/h1-9,15,21H,20H2. The molecule has 0 saturated carbocycles. The summed E-state index contributed by atoms with van der Waals surface area (Å²) in [7, 11) is 0. The van der Waals surface area contributed by atoms with E-state index in [0.717, 1.165) is 5.56 Å². The molecule has 0 fully saturated rings. The Morgan fingerprint density at radius 2 is 1.65 bits per heavy atom. The van der Waals surface area contributed by atoms with Gasteiger partial charge in [-0.2, -0.15) is 0 Å². The van der Waals surface area contributed by atoms with E-state index in [2.05, 4.69) is 10.2 Å². The van der Waals surface area contributed by atoms with Crippen LogP contribution in [-0.4, -0.2) is 6.36 Å². The summed E-state index contributed by atoms with van der Waals surface area (Å²) < 4.78 is 40.2. The maximum Gasteiger partial charge on any atom is 0.573 e. The summed E-state index contributed by atoms with van der Waals surface area (Å²) in [6.07, 6.45) is -3.15. The van der Waals surface area contributed by atoms with Crippen LogP contribution in [0.1, 0.15) is 17.2 Å². The number of anilines is 1. The molecule has 23 heavy (non-hydrogen) atoms. The molecule has 1 heterocycles. The molecule has 0 amide bonds. The highest BCUT2D eigenvalue weighted by molar-refractivity contribution is 5.66. The maximum atomic E-state index is 12.1. The lowest BCUT2D eigenvalue weighted by atomic mass is 10.1. The molecule has 7 heteroatoms. The Morgan fingerprint density at radius 3 is 2.26 bits per heavy atom. The molecule has 3 rings (SSSR count). The van der Waals surface area contributed by atoms with Gasteiger partial charge < -0.3 is 10.5 Å². The minimum atomic E-state index is -4.70. The monoisotopic (exact) mass is 322 g/mol. The van der Waals surface area contributed by atoms with Gasteiger partial charge in [0.2, 0.25) is 0 Å². The smallest absolute Gasteiger partial charge is 0.406 e. The zero-order valence-electron chi connectivity index (χ0n) is 11.8. The second kappa shape index (κ2) is 5.85. The zero-order chi connectivity index (χ0) is 16.4. The number of alkyl halides is 3. The van der Waals surface area contributed by atoms with E-state index in [9.17, 15) is 13.2 Å². The Balaban J connectivity index is 1.74. The molecule has 0 radical (unpaired) electrons. The molecule has 2 aromatic rings. The topological polar surface area (TPSA) is 56.5 Å². The largest absolute Gasteiger partial charge is 0.573 e. The van der Waals surface area contributed by atoms with Crippen LogP contribution in [0.3, 0.4) is 0 Å².